The Morgan fingerprint density at radius 1 is 1.38 bits per heavy atom. The van der Waals surface area contributed by atoms with Crippen molar-refractivity contribution in [1.29, 1.82) is 0 Å². The first kappa shape index (κ1) is 11.1. The number of benzene rings is 1. The first-order chi connectivity index (χ1) is 7.70. The third-order valence-electron chi connectivity index (χ3n) is 2.66. The standard InChI is InChI=1S/C12H14N2OS/c1-9(14-8-7-12(16)13-14)10-3-5-11(15-2)6-4-10/h3-6H,7-8H2,1-2H3/b14-9-. The van der Waals surface area contributed by atoms with E-state index in [-0.39, 0.29) is 0 Å². The maximum Gasteiger partial charge on any atom is 0.212 e. The molecule has 1 aliphatic rings. The minimum atomic E-state index is 0.785. The van der Waals surface area contributed by atoms with E-state index in [2.05, 4.69) is 12.0 Å². The van der Waals surface area contributed by atoms with Crippen LogP contribution in [0, 0.1) is 0 Å². The van der Waals surface area contributed by atoms with Crippen molar-refractivity contribution in [2.45, 2.75) is 13.3 Å². The van der Waals surface area contributed by atoms with Crippen LogP contribution in [0.3, 0.4) is 0 Å². The van der Waals surface area contributed by atoms with Gasteiger partial charge >= 0.3 is 0 Å². The van der Waals surface area contributed by atoms with Gasteiger partial charge < -0.3 is 17.4 Å². The predicted octanol–water partition coefficient (Wildman–Crippen LogP) is 1.78. The molecule has 0 saturated carbocycles. The number of ether oxygens (including phenoxy) is 1. The molecule has 84 valence electrons. The third-order valence-corrected chi connectivity index (χ3v) is 2.95. The van der Waals surface area contributed by atoms with E-state index >= 15 is 0 Å². The number of nitrogens with zero attached hydrogens (tertiary/aromatic N) is 2. The van der Waals surface area contributed by atoms with E-state index in [9.17, 15) is 0 Å². The van der Waals surface area contributed by atoms with Crippen LogP contribution in [0.1, 0.15) is 18.9 Å². The molecule has 0 amide bonds. The van der Waals surface area contributed by atoms with Crippen LogP contribution < -0.4 is 4.74 Å². The topological polar surface area (TPSA) is 24.6 Å². The summed E-state index contributed by atoms with van der Waals surface area (Å²) in [6.07, 6.45) is 0.878. The Bertz CT molecular complexity index is 449. The van der Waals surface area contributed by atoms with Gasteiger partial charge in [-0.1, -0.05) is 4.68 Å². The molecule has 0 aliphatic carbocycles. The summed E-state index contributed by atoms with van der Waals surface area (Å²) in [6, 6.07) is 7.97. The van der Waals surface area contributed by atoms with Gasteiger partial charge in [0.05, 0.1) is 7.11 Å². The zero-order valence-corrected chi connectivity index (χ0v) is 10.3. The number of rotatable bonds is 2. The quantitative estimate of drug-likeness (QED) is 0.575. The molecule has 3 nitrogen and oxygen atoms in total. The van der Waals surface area contributed by atoms with Gasteiger partial charge in [0.1, 0.15) is 5.75 Å². The highest BCUT2D eigenvalue weighted by atomic mass is 32.1. The van der Waals surface area contributed by atoms with Crippen LogP contribution in [0.5, 0.6) is 5.75 Å². The van der Waals surface area contributed by atoms with E-state index in [1.165, 1.54) is 0 Å². The second kappa shape index (κ2) is 4.61. The fourth-order valence-corrected chi connectivity index (χ4v) is 1.85. The van der Waals surface area contributed by atoms with Gasteiger partial charge in [0, 0.05) is 18.9 Å². The van der Waals surface area contributed by atoms with E-state index < -0.39 is 0 Å². The van der Waals surface area contributed by atoms with Gasteiger partial charge in [-0.25, -0.2) is 0 Å². The smallest absolute Gasteiger partial charge is 0.212 e. The molecule has 0 N–H and O–H groups in total. The lowest BCUT2D eigenvalue weighted by molar-refractivity contribution is -0.522. The maximum absolute atomic E-state index is 5.12. The maximum atomic E-state index is 5.12. The average molecular weight is 234 g/mol. The SMILES string of the molecule is COc1ccc(/C(C)=[N+]2/CCC([S-])=N2)cc1. The monoisotopic (exact) mass is 234 g/mol. The third kappa shape index (κ3) is 2.22. The summed E-state index contributed by atoms with van der Waals surface area (Å²) < 4.78 is 7.09. The van der Waals surface area contributed by atoms with E-state index in [4.69, 9.17) is 17.4 Å². The Morgan fingerprint density at radius 3 is 2.56 bits per heavy atom. The van der Waals surface area contributed by atoms with Crippen molar-refractivity contribution in [3.05, 3.63) is 29.8 Å². The molecule has 1 aromatic carbocycles. The molecule has 0 spiro atoms. The van der Waals surface area contributed by atoms with Crippen molar-refractivity contribution in [3.8, 4) is 5.75 Å². The van der Waals surface area contributed by atoms with Crippen LogP contribution in [0.25, 0.3) is 0 Å². The Morgan fingerprint density at radius 2 is 2.06 bits per heavy atom. The molecule has 2 rings (SSSR count). The lowest BCUT2D eigenvalue weighted by atomic mass is 10.1. The van der Waals surface area contributed by atoms with Gasteiger partial charge in [-0.15, -0.1) is 0 Å². The minimum absolute atomic E-state index is 0.785. The Kier molecular flexibility index (Phi) is 3.19. The Balaban J connectivity index is 2.30. The normalized spacial score (nSPS) is 18.2. The summed E-state index contributed by atoms with van der Waals surface area (Å²) >= 11 is 5.06. The molecule has 0 unspecified atom stereocenters. The molecule has 4 heteroatoms. The molecule has 0 atom stereocenters. The zero-order valence-electron chi connectivity index (χ0n) is 9.43. The van der Waals surface area contributed by atoms with Crippen LogP contribution in [-0.2, 0) is 12.6 Å². The first-order valence-corrected chi connectivity index (χ1v) is 5.61. The molecule has 0 radical (unpaired) electrons. The largest absolute Gasteiger partial charge is 0.759 e. The fraction of sp³-hybridized carbons (Fsp3) is 0.333. The first-order valence-electron chi connectivity index (χ1n) is 5.20. The van der Waals surface area contributed by atoms with Crippen LogP contribution in [0.15, 0.2) is 29.4 Å². The lowest BCUT2D eigenvalue weighted by Gasteiger charge is -2.01. The number of hydrazone groups is 1. The van der Waals surface area contributed by atoms with E-state index in [1.54, 1.807) is 7.11 Å². The van der Waals surface area contributed by atoms with Gasteiger partial charge in [0.25, 0.3) is 0 Å². The molecular weight excluding hydrogens is 220 g/mol. The molecule has 0 aromatic heterocycles. The van der Waals surface area contributed by atoms with E-state index in [1.807, 2.05) is 28.9 Å². The fourth-order valence-electron chi connectivity index (χ4n) is 1.66. The molecule has 0 bridgehead atoms. The van der Waals surface area contributed by atoms with Gasteiger partial charge in [0.2, 0.25) is 5.71 Å². The predicted molar refractivity (Wildman–Crippen MR) is 67.3 cm³/mol. The second-order valence-electron chi connectivity index (χ2n) is 3.68. The number of methoxy groups -OCH3 is 1. The molecule has 0 saturated heterocycles. The number of hydrogen-bond donors (Lipinski definition) is 0. The highest BCUT2D eigenvalue weighted by Gasteiger charge is 2.16. The summed E-state index contributed by atoms with van der Waals surface area (Å²) in [7, 11) is 1.67. The van der Waals surface area contributed by atoms with Crippen LogP contribution in [0.2, 0.25) is 0 Å². The second-order valence-corrected chi connectivity index (χ2v) is 4.15. The summed E-state index contributed by atoms with van der Waals surface area (Å²) in [5.41, 5.74) is 2.27. The average Bonchev–Trinajstić information content (AvgIpc) is 2.75. The molecule has 1 aromatic rings. The zero-order chi connectivity index (χ0) is 11.5. The molecular formula is C12H14N2OS. The van der Waals surface area contributed by atoms with E-state index in [0.717, 1.165) is 35.0 Å². The highest BCUT2D eigenvalue weighted by molar-refractivity contribution is 7.77. The van der Waals surface area contributed by atoms with Crippen molar-refractivity contribution in [3.63, 3.8) is 0 Å². The van der Waals surface area contributed by atoms with Crippen LogP contribution in [-0.4, -0.2) is 29.1 Å². The highest BCUT2D eigenvalue weighted by Crippen LogP contribution is 2.13. The molecule has 1 aliphatic heterocycles. The molecule has 1 heterocycles. The van der Waals surface area contributed by atoms with Gasteiger partial charge in [0.15, 0.2) is 6.54 Å². The summed E-state index contributed by atoms with van der Waals surface area (Å²) in [5.74, 6) is 0.866. The van der Waals surface area contributed by atoms with E-state index in [0.29, 0.717) is 0 Å². The number of hydrogen-bond acceptors (Lipinski definition) is 3. The molecule has 0 fully saturated rings. The Hall–Kier alpha value is -1.42. The summed E-state index contributed by atoms with van der Waals surface area (Å²) in [4.78, 5) is 0. The van der Waals surface area contributed by atoms with Crippen molar-refractivity contribution in [1.82, 2.24) is 0 Å². The summed E-state index contributed by atoms with van der Waals surface area (Å²) in [5, 5.41) is 5.09. The van der Waals surface area contributed by atoms with Gasteiger partial charge in [-0.05, 0) is 34.4 Å². The minimum Gasteiger partial charge on any atom is -0.759 e. The molecule has 16 heavy (non-hydrogen) atoms. The van der Waals surface area contributed by atoms with Crippen molar-refractivity contribution in [2.75, 3.05) is 13.7 Å². The summed E-state index contributed by atoms with van der Waals surface area (Å²) in [6.45, 7) is 2.94. The van der Waals surface area contributed by atoms with Crippen molar-refractivity contribution < 1.29 is 9.42 Å². The van der Waals surface area contributed by atoms with Crippen LogP contribution in [0.4, 0.5) is 0 Å². The van der Waals surface area contributed by atoms with Crippen molar-refractivity contribution in [2.24, 2.45) is 5.10 Å². The van der Waals surface area contributed by atoms with Gasteiger partial charge in [-0.2, -0.15) is 0 Å². The van der Waals surface area contributed by atoms with Crippen LogP contribution >= 0.6 is 0 Å². The van der Waals surface area contributed by atoms with Crippen molar-refractivity contribution >= 4 is 23.4 Å². The van der Waals surface area contributed by atoms with Gasteiger partial charge in [-0.3, -0.25) is 0 Å². The lowest BCUT2D eigenvalue weighted by Crippen LogP contribution is -2.12. The Labute approximate surface area is 101 Å².